The van der Waals surface area contributed by atoms with Gasteiger partial charge in [0.15, 0.2) is 31.9 Å². The summed E-state index contributed by atoms with van der Waals surface area (Å²) < 4.78 is 10.4. The monoisotopic (exact) mass is 1460 g/mol. The van der Waals surface area contributed by atoms with Crippen LogP contribution in [0.25, 0.3) is 0 Å². The van der Waals surface area contributed by atoms with E-state index in [0.29, 0.717) is 49.2 Å². The molecule has 0 aliphatic heterocycles. The van der Waals surface area contributed by atoms with Crippen LogP contribution >= 0.6 is 48.9 Å². The molecule has 0 heterocycles. The summed E-state index contributed by atoms with van der Waals surface area (Å²) in [5, 5.41) is 224. The number of anilines is 1. The van der Waals surface area contributed by atoms with Crippen molar-refractivity contribution < 1.29 is 112 Å². The second-order valence-electron chi connectivity index (χ2n) is 24.2. The first-order valence-corrected chi connectivity index (χ1v) is 32.0. The molecule has 548 valence electrons. The SMILES string of the molecule is CC(C)(C)NC(=S)NN=C1[C@@H](O)[C@@H](O)C(O)[C@H](O)[C@H]1O.CC(C)CNC(=S)N(N=C1[C@@H](O)[C@@H](O)C(O)[C@H](O)[C@H]1O)c1ccccc1.COc1ccc(CCNC(=S)NN=C2[C@@H](O)[C@@H](O)C(O)[C@H](O)[C@H]2O)cc1OC.Cc1ccc(CNC(=S)NN=C2[C@@H](O)[C@@H](O)C(O)[C@H](O)[C@H]2O)cc1. The number of methoxy groups -OCH3 is 2. The van der Waals surface area contributed by atoms with Gasteiger partial charge in [0.25, 0.3) is 0 Å². The van der Waals surface area contributed by atoms with Crippen molar-refractivity contribution in [2.24, 2.45) is 26.3 Å². The second kappa shape index (κ2) is 39.2. The van der Waals surface area contributed by atoms with Gasteiger partial charge in [-0.05, 0) is 124 Å². The molecule has 98 heavy (non-hydrogen) atoms. The first-order chi connectivity index (χ1) is 45.9. The summed E-state index contributed by atoms with van der Waals surface area (Å²) in [5.74, 6) is 1.57. The lowest BCUT2D eigenvalue weighted by Crippen LogP contribution is -2.62. The average molecular weight is 1460 g/mol. The van der Waals surface area contributed by atoms with Gasteiger partial charge in [0.1, 0.15) is 145 Å². The predicted octanol–water partition coefficient (Wildman–Crippen LogP) is -7.36. The maximum atomic E-state index is 10.2. The fraction of sp³-hybridized carbons (Fsp3) is 0.567. The van der Waals surface area contributed by atoms with Crippen molar-refractivity contribution in [1.82, 2.24) is 37.5 Å². The van der Waals surface area contributed by atoms with E-state index in [1.54, 1.807) is 44.6 Å². The lowest BCUT2D eigenvalue weighted by molar-refractivity contribution is -0.130. The van der Waals surface area contributed by atoms with Crippen LogP contribution in [0.5, 0.6) is 11.5 Å². The number of nitrogens with zero attached hydrogens (tertiary/aromatic N) is 5. The number of hydrogen-bond donors (Lipinski definition) is 27. The summed E-state index contributed by atoms with van der Waals surface area (Å²) in [7, 11) is 3.11. The van der Waals surface area contributed by atoms with Gasteiger partial charge in [-0.25, -0.2) is 5.01 Å². The molecule has 38 heteroatoms. The summed E-state index contributed by atoms with van der Waals surface area (Å²) in [6, 6.07) is 22.2. The lowest BCUT2D eigenvalue weighted by Gasteiger charge is -2.37. The van der Waals surface area contributed by atoms with Crippen LogP contribution in [0.3, 0.4) is 0 Å². The molecule has 20 atom stereocenters. The number of benzene rings is 3. The Bertz CT molecular complexity index is 3110. The Kier molecular flexibility index (Phi) is 33.7. The van der Waals surface area contributed by atoms with Crippen LogP contribution in [-0.2, 0) is 13.0 Å². The maximum Gasteiger partial charge on any atom is 0.194 e. The second-order valence-corrected chi connectivity index (χ2v) is 25.8. The smallest absolute Gasteiger partial charge is 0.194 e. The van der Waals surface area contributed by atoms with Crippen molar-refractivity contribution in [2.45, 2.75) is 182 Å². The molecule has 7 rings (SSSR count). The van der Waals surface area contributed by atoms with Gasteiger partial charge < -0.3 is 133 Å². The fourth-order valence-electron chi connectivity index (χ4n) is 9.23. The Morgan fingerprint density at radius 2 is 0.827 bits per heavy atom. The van der Waals surface area contributed by atoms with Crippen molar-refractivity contribution in [2.75, 3.05) is 32.3 Å². The highest BCUT2D eigenvalue weighted by Crippen LogP contribution is 2.28. The van der Waals surface area contributed by atoms with Crippen molar-refractivity contribution in [3.8, 4) is 11.5 Å². The van der Waals surface area contributed by atoms with E-state index in [1.807, 2.05) is 84.0 Å². The summed E-state index contributed by atoms with van der Waals surface area (Å²) in [5.41, 5.74) is 9.46. The number of hydrogen-bond acceptors (Lipinski definition) is 30. The van der Waals surface area contributed by atoms with Crippen molar-refractivity contribution >= 4 is 97.9 Å². The molecule has 3 aromatic carbocycles. The topological polar surface area (TPSA) is 560 Å². The molecular weight excluding hydrogens is 1370 g/mol. The number of nitrogens with one attached hydrogen (secondary N) is 7. The Balaban J connectivity index is 0.000000279. The van der Waals surface area contributed by atoms with Crippen LogP contribution in [-0.4, -0.2) is 300 Å². The summed E-state index contributed by atoms with van der Waals surface area (Å²) in [4.78, 5) is 0. The minimum absolute atomic E-state index is 0.113. The molecule has 34 nitrogen and oxygen atoms in total. The van der Waals surface area contributed by atoms with Gasteiger partial charge in [0, 0.05) is 25.2 Å². The highest BCUT2D eigenvalue weighted by atomic mass is 32.1. The molecule has 0 bridgehead atoms. The number of aliphatic hydroxyl groups is 20. The number of aryl methyl sites for hydroxylation is 1. The molecule has 0 radical (unpaired) electrons. The molecule has 0 spiro atoms. The molecule has 4 aliphatic rings. The quantitative estimate of drug-likeness (QED) is 0.0527. The van der Waals surface area contributed by atoms with E-state index in [0.717, 1.165) is 16.7 Å². The lowest BCUT2D eigenvalue weighted by atomic mass is 9.85. The molecule has 0 amide bonds. The Morgan fingerprint density at radius 3 is 1.20 bits per heavy atom. The van der Waals surface area contributed by atoms with Gasteiger partial charge in [-0.15, -0.1) is 0 Å². The first kappa shape index (κ1) is 84.3. The third-order valence-corrected chi connectivity index (χ3v) is 15.9. The van der Waals surface area contributed by atoms with Gasteiger partial charge in [0.2, 0.25) is 0 Å². The molecule has 27 N–H and O–H groups in total. The van der Waals surface area contributed by atoms with Gasteiger partial charge in [-0.2, -0.15) is 20.4 Å². The molecular formula is C60H92N12O22S4. The van der Waals surface area contributed by atoms with Crippen LogP contribution in [0.4, 0.5) is 5.69 Å². The molecule has 3 aromatic rings. The van der Waals surface area contributed by atoms with Crippen LogP contribution in [0, 0.1) is 12.8 Å². The normalized spacial score (nSPS) is 31.6. The van der Waals surface area contributed by atoms with Crippen molar-refractivity contribution in [3.63, 3.8) is 0 Å². The first-order valence-electron chi connectivity index (χ1n) is 30.4. The largest absolute Gasteiger partial charge is 0.493 e. The van der Waals surface area contributed by atoms with Crippen molar-refractivity contribution in [1.29, 1.82) is 0 Å². The van der Waals surface area contributed by atoms with E-state index in [-0.39, 0.29) is 48.8 Å². The third-order valence-electron chi connectivity index (χ3n) is 15.0. The number of rotatable bonds is 14. The van der Waals surface area contributed by atoms with E-state index in [9.17, 15) is 102 Å². The Morgan fingerprint density at radius 1 is 0.459 bits per heavy atom. The number of hydrazone groups is 4. The van der Waals surface area contributed by atoms with E-state index >= 15 is 0 Å². The van der Waals surface area contributed by atoms with Gasteiger partial charge in [0.05, 0.1) is 19.9 Å². The van der Waals surface area contributed by atoms with Crippen LogP contribution < -0.4 is 52.0 Å². The molecule has 0 aromatic heterocycles. The van der Waals surface area contributed by atoms with E-state index in [4.69, 9.17) is 58.3 Å². The van der Waals surface area contributed by atoms with E-state index in [2.05, 4.69) is 58.0 Å². The summed E-state index contributed by atoms with van der Waals surface area (Å²) >= 11 is 20.5. The standard InChI is InChI=1S/C17H25N3O7S.C17H25N3O5S.C15H21N3O5S.C11H21N3O5S/c1-26-9-4-3-8(7-10(9)27-2)5-6-18-17(28)20-19-11-12(21)14(23)16(25)15(24)13(11)22;1-9(2)8-18-17(26)20(10-6-4-3-5-7-10)19-11-12(21)14(23)16(25)15(24)13(11)22;1-7-2-4-8(5-3-7)6-16-15(24)18-17-9-10(19)12(21)14(23)13(22)11(9)20;1-11(2,3)12-10(20)14-13-4-5(15)7(17)9(19)8(18)6(4)16/h3-4,7,12-16,21-25H,5-6H2,1-2H3,(H2,18,20,28);3-7,9,12-16,21-25H,8H2,1-2H3,(H,18,26);2-5,10-14,19-23H,6H2,1H3,(H2,16,18,24);5-9,15-19H,1-3H3,(H2,12,14,20)/t2*12-,13+,14-,15-,16?;10-,11+,12-,13-,14?;5-,6+,7-,8-,9?/m1111/s1. The summed E-state index contributed by atoms with van der Waals surface area (Å²) in [6.07, 6.45) is -32.4. The highest BCUT2D eigenvalue weighted by molar-refractivity contribution is 7.80. The third kappa shape index (κ3) is 23.8. The fourth-order valence-corrected chi connectivity index (χ4v) is 10.1. The van der Waals surface area contributed by atoms with Gasteiger partial charge in [-0.3, -0.25) is 16.3 Å². The van der Waals surface area contributed by atoms with Crippen LogP contribution in [0.2, 0.25) is 0 Å². The maximum absolute atomic E-state index is 10.2. The minimum atomic E-state index is -1.69. The average Bonchev–Trinajstić information content (AvgIpc) is 0.815. The Hall–Kier alpha value is -6.10. The molecule has 4 saturated carbocycles. The zero-order valence-corrected chi connectivity index (χ0v) is 57.8. The van der Waals surface area contributed by atoms with Crippen molar-refractivity contribution in [3.05, 3.63) is 89.5 Å². The molecule has 4 aliphatic carbocycles. The Labute approximate surface area is 585 Å². The highest BCUT2D eigenvalue weighted by Gasteiger charge is 2.49. The predicted molar refractivity (Wildman–Crippen MR) is 374 cm³/mol. The van der Waals surface area contributed by atoms with Crippen LogP contribution in [0.1, 0.15) is 51.3 Å². The van der Waals surface area contributed by atoms with E-state index < -0.39 is 122 Å². The number of aliphatic hydroxyl groups excluding tert-OH is 20. The number of para-hydroxylation sites is 1. The van der Waals surface area contributed by atoms with Gasteiger partial charge >= 0.3 is 0 Å². The molecule has 4 fully saturated rings. The molecule has 0 saturated heterocycles. The van der Waals surface area contributed by atoms with E-state index in [1.165, 1.54) is 5.01 Å². The van der Waals surface area contributed by atoms with Gasteiger partial charge in [-0.1, -0.05) is 67.9 Å². The zero-order chi connectivity index (χ0) is 73.8. The molecule has 4 unspecified atom stereocenters. The minimum Gasteiger partial charge on any atom is -0.493 e. The number of thiocarbonyl (C=S) groups is 4. The summed E-state index contributed by atoms with van der Waals surface area (Å²) in [6.45, 7) is 13.1. The van der Waals surface area contributed by atoms with Crippen LogP contribution in [0.15, 0.2) is 93.2 Å². The number of ether oxygens (including phenoxy) is 2. The zero-order valence-electron chi connectivity index (χ0n) is 54.5.